The van der Waals surface area contributed by atoms with E-state index in [0.717, 1.165) is 29.4 Å². The van der Waals surface area contributed by atoms with Gasteiger partial charge in [-0.1, -0.05) is 11.3 Å². The van der Waals surface area contributed by atoms with E-state index in [1.165, 1.54) is 18.2 Å². The number of ether oxygens (including phenoxy) is 1. The number of hydrogen-bond acceptors (Lipinski definition) is 6. The summed E-state index contributed by atoms with van der Waals surface area (Å²) in [6.07, 6.45) is -4.40. The highest BCUT2D eigenvalue weighted by molar-refractivity contribution is 7.99. The molecule has 0 bridgehead atoms. The van der Waals surface area contributed by atoms with Crippen LogP contribution >= 0.6 is 35.5 Å². The second-order valence-corrected chi connectivity index (χ2v) is 7.36. The number of anilines is 1. The van der Waals surface area contributed by atoms with E-state index in [9.17, 15) is 18.0 Å². The van der Waals surface area contributed by atoms with Crippen molar-refractivity contribution in [1.29, 1.82) is 0 Å². The van der Waals surface area contributed by atoms with Gasteiger partial charge in [-0.25, -0.2) is 4.98 Å². The first kappa shape index (κ1) is 20.1. The Labute approximate surface area is 156 Å². The molecule has 0 radical (unpaired) electrons. The fourth-order valence-electron chi connectivity index (χ4n) is 2.30. The molecule has 1 amide bonds. The van der Waals surface area contributed by atoms with E-state index in [0.29, 0.717) is 21.8 Å². The van der Waals surface area contributed by atoms with Crippen molar-refractivity contribution in [3.05, 3.63) is 18.2 Å². The molecule has 1 fully saturated rings. The zero-order chi connectivity index (χ0) is 17.2. The molecule has 25 heavy (non-hydrogen) atoms. The van der Waals surface area contributed by atoms with Gasteiger partial charge >= 0.3 is 6.36 Å². The van der Waals surface area contributed by atoms with E-state index < -0.39 is 6.36 Å². The molecule has 1 aliphatic heterocycles. The van der Waals surface area contributed by atoms with Crippen molar-refractivity contribution in [3.8, 4) is 5.75 Å². The first-order chi connectivity index (χ1) is 11.4. The number of nitrogens with one attached hydrogen (secondary N) is 2. The molecule has 0 aliphatic carbocycles. The van der Waals surface area contributed by atoms with Crippen molar-refractivity contribution in [2.24, 2.45) is 0 Å². The molecule has 2 aromatic rings. The van der Waals surface area contributed by atoms with Crippen LogP contribution in [0.4, 0.5) is 18.3 Å². The van der Waals surface area contributed by atoms with Gasteiger partial charge in [0.15, 0.2) is 5.13 Å². The molecule has 11 heteroatoms. The average molecular weight is 414 g/mol. The van der Waals surface area contributed by atoms with Crippen molar-refractivity contribution < 1.29 is 22.7 Å². The fourth-order valence-corrected chi connectivity index (χ4v) is 4.16. The van der Waals surface area contributed by atoms with Crippen LogP contribution in [0.1, 0.15) is 6.42 Å². The number of carbonyl (C=O) groups excluding carboxylic acids is 1. The van der Waals surface area contributed by atoms with Crippen LogP contribution in [-0.2, 0) is 4.79 Å². The van der Waals surface area contributed by atoms with Crippen LogP contribution < -0.4 is 15.4 Å². The van der Waals surface area contributed by atoms with E-state index in [-0.39, 0.29) is 30.1 Å². The van der Waals surface area contributed by atoms with E-state index >= 15 is 0 Å². The van der Waals surface area contributed by atoms with Gasteiger partial charge in [-0.2, -0.15) is 11.8 Å². The van der Waals surface area contributed by atoms with E-state index in [1.807, 2.05) is 0 Å². The molecule has 2 heterocycles. The van der Waals surface area contributed by atoms with Gasteiger partial charge in [-0.15, -0.1) is 25.6 Å². The van der Waals surface area contributed by atoms with Crippen LogP contribution in [0.15, 0.2) is 18.2 Å². The summed E-state index contributed by atoms with van der Waals surface area (Å²) in [6.45, 7) is 0.881. The van der Waals surface area contributed by atoms with E-state index in [1.54, 1.807) is 11.8 Å². The second kappa shape index (κ2) is 8.43. The topological polar surface area (TPSA) is 63.2 Å². The van der Waals surface area contributed by atoms with Crippen LogP contribution in [0.25, 0.3) is 10.2 Å². The maximum atomic E-state index is 12.2. The molecule has 2 N–H and O–H groups in total. The van der Waals surface area contributed by atoms with Gasteiger partial charge in [0.2, 0.25) is 5.91 Å². The number of aromatic nitrogens is 1. The highest BCUT2D eigenvalue weighted by Crippen LogP contribution is 2.31. The van der Waals surface area contributed by atoms with Crippen LogP contribution in [0.5, 0.6) is 5.75 Å². The molecule has 0 spiro atoms. The number of nitrogens with zero attached hydrogens (tertiary/aromatic N) is 1. The lowest BCUT2D eigenvalue weighted by molar-refractivity contribution is -0.274. The number of thiazole rings is 1. The Kier molecular flexibility index (Phi) is 6.78. The van der Waals surface area contributed by atoms with Crippen LogP contribution in [0.3, 0.4) is 0 Å². The van der Waals surface area contributed by atoms with Crippen molar-refractivity contribution in [3.63, 3.8) is 0 Å². The molecule has 3 rings (SSSR count). The molecule has 1 aromatic carbocycles. The maximum absolute atomic E-state index is 12.2. The lowest BCUT2D eigenvalue weighted by Crippen LogP contribution is -2.39. The fraction of sp³-hybridized carbons (Fsp3) is 0.429. The van der Waals surface area contributed by atoms with Crippen molar-refractivity contribution in [2.45, 2.75) is 18.8 Å². The molecule has 5 nitrogen and oxygen atoms in total. The number of hydrogen-bond donors (Lipinski definition) is 2. The number of halogens is 4. The highest BCUT2D eigenvalue weighted by atomic mass is 35.5. The molecule has 0 saturated carbocycles. The Balaban J connectivity index is 0.00000225. The van der Waals surface area contributed by atoms with Gasteiger partial charge in [-0.3, -0.25) is 4.79 Å². The van der Waals surface area contributed by atoms with Gasteiger partial charge < -0.3 is 15.4 Å². The number of thioether (sulfide) groups is 1. The predicted octanol–water partition coefficient (Wildman–Crippen LogP) is 3.65. The third kappa shape index (κ3) is 5.91. The summed E-state index contributed by atoms with van der Waals surface area (Å²) in [5, 5.41) is 6.34. The SMILES string of the molecule is Cl.O=C(CC1CSCCN1)Nc1nc2ccc(OC(F)(F)F)cc2s1. The third-order valence-electron chi connectivity index (χ3n) is 3.27. The zero-order valence-corrected chi connectivity index (χ0v) is 15.2. The quantitative estimate of drug-likeness (QED) is 0.801. The number of fused-ring (bicyclic) bond motifs is 1. The molecule has 138 valence electrons. The van der Waals surface area contributed by atoms with Crippen molar-refractivity contribution in [1.82, 2.24) is 10.3 Å². The number of amides is 1. The van der Waals surface area contributed by atoms with E-state index in [4.69, 9.17) is 0 Å². The molecular formula is C14H15ClF3N3O2S2. The summed E-state index contributed by atoms with van der Waals surface area (Å²) in [6, 6.07) is 4.02. The summed E-state index contributed by atoms with van der Waals surface area (Å²) >= 11 is 2.91. The largest absolute Gasteiger partial charge is 0.573 e. The number of benzene rings is 1. The summed E-state index contributed by atoms with van der Waals surface area (Å²) in [5.74, 6) is 1.45. The van der Waals surface area contributed by atoms with E-state index in [2.05, 4.69) is 20.4 Å². The summed E-state index contributed by atoms with van der Waals surface area (Å²) in [7, 11) is 0. The lowest BCUT2D eigenvalue weighted by atomic mass is 10.2. The maximum Gasteiger partial charge on any atom is 0.573 e. The zero-order valence-electron chi connectivity index (χ0n) is 12.8. The van der Waals surface area contributed by atoms with Crippen molar-refractivity contribution in [2.75, 3.05) is 23.4 Å². The molecule has 1 aromatic heterocycles. The normalized spacial score (nSPS) is 17.8. The number of carbonyl (C=O) groups is 1. The number of rotatable bonds is 4. The lowest BCUT2D eigenvalue weighted by Gasteiger charge is -2.22. The van der Waals surface area contributed by atoms with Crippen LogP contribution in [0.2, 0.25) is 0 Å². The Morgan fingerprint density at radius 2 is 2.24 bits per heavy atom. The van der Waals surface area contributed by atoms with Gasteiger partial charge in [-0.05, 0) is 12.1 Å². The molecule has 1 aliphatic rings. The average Bonchev–Trinajstić information content (AvgIpc) is 2.87. The van der Waals surface area contributed by atoms with Crippen LogP contribution in [-0.4, -0.2) is 41.3 Å². The van der Waals surface area contributed by atoms with Gasteiger partial charge in [0.25, 0.3) is 0 Å². The summed E-state index contributed by atoms with van der Waals surface area (Å²) in [4.78, 5) is 16.3. The highest BCUT2D eigenvalue weighted by Gasteiger charge is 2.31. The minimum absolute atomic E-state index is 0. The molecule has 1 unspecified atom stereocenters. The molecule has 1 atom stereocenters. The monoisotopic (exact) mass is 413 g/mol. The second-order valence-electron chi connectivity index (χ2n) is 5.17. The smallest absolute Gasteiger partial charge is 0.406 e. The Morgan fingerprint density at radius 3 is 2.92 bits per heavy atom. The Bertz CT molecular complexity index is 736. The number of alkyl halides is 3. The Hall–Kier alpha value is -1.23. The predicted molar refractivity (Wildman–Crippen MR) is 95.9 cm³/mol. The first-order valence-corrected chi connectivity index (χ1v) is 9.13. The molecule has 1 saturated heterocycles. The van der Waals surface area contributed by atoms with Gasteiger partial charge in [0, 0.05) is 36.6 Å². The third-order valence-corrected chi connectivity index (χ3v) is 5.33. The Morgan fingerprint density at radius 1 is 1.44 bits per heavy atom. The van der Waals surface area contributed by atoms with Crippen molar-refractivity contribution >= 4 is 56.8 Å². The minimum Gasteiger partial charge on any atom is -0.406 e. The van der Waals surface area contributed by atoms with Gasteiger partial charge in [0.05, 0.1) is 10.2 Å². The first-order valence-electron chi connectivity index (χ1n) is 7.16. The molecular weight excluding hydrogens is 399 g/mol. The van der Waals surface area contributed by atoms with Crippen LogP contribution in [0, 0.1) is 0 Å². The minimum atomic E-state index is -4.74. The summed E-state index contributed by atoms with van der Waals surface area (Å²) in [5.41, 5.74) is 0.510. The summed E-state index contributed by atoms with van der Waals surface area (Å²) < 4.78 is 41.1. The standard InChI is InChI=1S/C14H14F3N3O2S2.ClH/c15-14(16,17)22-9-1-2-10-11(6-9)24-13(19-10)20-12(21)5-8-7-23-4-3-18-8;/h1-2,6,8,18H,3-5,7H2,(H,19,20,21);1H. The van der Waals surface area contributed by atoms with Gasteiger partial charge in [0.1, 0.15) is 5.75 Å².